The molecule has 0 saturated heterocycles. The van der Waals surface area contributed by atoms with Crippen LogP contribution in [0.5, 0.6) is 0 Å². The van der Waals surface area contributed by atoms with Gasteiger partial charge in [0, 0.05) is 32.8 Å². The molecule has 170 valence electrons. The second-order valence-corrected chi connectivity index (χ2v) is 8.01. The normalized spacial score (nSPS) is 14.6. The van der Waals surface area contributed by atoms with Gasteiger partial charge in [-0.05, 0) is 6.20 Å². The topological polar surface area (TPSA) is 134 Å². The van der Waals surface area contributed by atoms with E-state index in [0.29, 0.717) is 5.75 Å². The van der Waals surface area contributed by atoms with Crippen LogP contribution in [0.1, 0.15) is 26.4 Å². The minimum atomic E-state index is -0.980. The number of carboxylic acid groups (broad SMARTS) is 2. The number of allylic oxidation sites excluding steroid dienone is 1. The number of alkyl halides is 1. The number of halogens is 1. The lowest BCUT2D eigenvalue weighted by Crippen LogP contribution is -2.05. The third-order valence-corrected chi connectivity index (χ3v) is 5.42. The Bertz CT molecular complexity index is 851. The fourth-order valence-electron chi connectivity index (χ4n) is 1.74. The van der Waals surface area contributed by atoms with Crippen LogP contribution in [0.15, 0.2) is 47.1 Å². The summed E-state index contributed by atoms with van der Waals surface area (Å²) < 4.78 is 7.32. The Balaban J connectivity index is 0.000000403. The monoisotopic (exact) mass is 507 g/mol. The molecule has 0 fully saturated rings. The van der Waals surface area contributed by atoms with Crippen LogP contribution in [-0.2, 0) is 9.59 Å². The van der Waals surface area contributed by atoms with Crippen molar-refractivity contribution < 1.29 is 26.0 Å². The van der Waals surface area contributed by atoms with Crippen molar-refractivity contribution in [2.24, 2.45) is 4.99 Å². The van der Waals surface area contributed by atoms with Crippen LogP contribution in [0.4, 0.5) is 0 Å². The van der Waals surface area contributed by atoms with Gasteiger partial charge in [-0.15, -0.1) is 11.6 Å². The highest BCUT2D eigenvalue weighted by atomic mass is 35.5. The highest BCUT2D eigenvalue weighted by Gasteiger charge is 2.18. The molecule has 4 rings (SSSR count). The van der Waals surface area contributed by atoms with Gasteiger partial charge in [0.25, 0.3) is 0 Å². The molecule has 3 aliphatic rings. The van der Waals surface area contributed by atoms with Gasteiger partial charge in [0.15, 0.2) is 5.16 Å². The van der Waals surface area contributed by atoms with E-state index >= 15 is 0 Å². The highest BCUT2D eigenvalue weighted by molar-refractivity contribution is 8.14. The van der Waals surface area contributed by atoms with Gasteiger partial charge < -0.3 is 15.5 Å². The summed E-state index contributed by atoms with van der Waals surface area (Å²) in [5.41, 5.74) is 0. The number of thioether (sulfide) groups is 2. The average Bonchev–Trinajstić information content (AvgIpc) is 3.58. The minimum Gasteiger partial charge on any atom is -0.481 e. The lowest BCUT2D eigenvalue weighted by molar-refractivity contribution is -0.135. The molecule has 0 radical (unpaired) electrons. The van der Waals surface area contributed by atoms with Gasteiger partial charge in [-0.2, -0.15) is 0 Å². The number of aromatic nitrogens is 2. The van der Waals surface area contributed by atoms with Crippen LogP contribution in [-0.4, -0.2) is 65.0 Å². The fraction of sp³-hybridized carbons (Fsp3) is 0.333. The van der Waals surface area contributed by atoms with E-state index in [2.05, 4.69) is 15.3 Å². The molecule has 0 aromatic carbocycles. The number of rotatable bonds is 3. The lowest BCUT2D eigenvalue weighted by Gasteiger charge is -1.93. The van der Waals surface area contributed by atoms with Crippen LogP contribution >= 0.6 is 47.3 Å². The van der Waals surface area contributed by atoms with Gasteiger partial charge in [0.2, 0.25) is 5.91 Å². The maximum atomic E-state index is 10.8. The first-order valence-corrected chi connectivity index (χ1v) is 11.2. The third kappa shape index (κ3) is 13.0. The van der Waals surface area contributed by atoms with Crippen LogP contribution in [0, 0.1) is 0 Å². The number of thiocarbonyl (C=S) groups is 1. The number of carboxylic acids is 2. The molecule has 0 aliphatic carbocycles. The molecule has 31 heavy (non-hydrogen) atoms. The standard InChI is InChI=1S/C6H7NO2S.C5H4N2OS.C4H5NS.C2H3ClO2.CH4/c8-6(9)4-10-5-2-1-3-7-5;8-4-3-9-5-6-1-2-7(4)5;6-4-2-1-3-5-4;3-1-2(4)5;/h1,3H,2,4H2,(H,8,9);1-2H,3H2;1,3H,2H2,(H,5,6);1H2,(H,4,5);1H4/i;;;;1D. The Morgan fingerprint density at radius 1 is 1.35 bits per heavy atom. The quantitative estimate of drug-likeness (QED) is 0.412. The van der Waals surface area contributed by atoms with Crippen LogP contribution in [0.25, 0.3) is 0 Å². The predicted octanol–water partition coefficient (Wildman–Crippen LogP) is 3.52. The Morgan fingerprint density at radius 3 is 2.48 bits per heavy atom. The van der Waals surface area contributed by atoms with E-state index < -0.39 is 11.9 Å². The zero-order valence-electron chi connectivity index (χ0n) is 17.6. The molecule has 1 aromatic rings. The van der Waals surface area contributed by atoms with Crippen molar-refractivity contribution in [1.82, 2.24) is 14.9 Å². The first-order chi connectivity index (χ1) is 15.3. The van der Waals surface area contributed by atoms with Gasteiger partial charge in [-0.25, -0.2) is 4.98 Å². The zero-order valence-corrected chi connectivity index (χ0v) is 19.8. The van der Waals surface area contributed by atoms with E-state index in [0.717, 1.165) is 28.0 Å². The Morgan fingerprint density at radius 2 is 2.06 bits per heavy atom. The molecule has 1 aromatic heterocycles. The number of carbonyl (C=O) groups excluding carboxylic acids is 1. The molecule has 3 N–H and O–H groups in total. The van der Waals surface area contributed by atoms with Crippen molar-refractivity contribution in [3.05, 3.63) is 36.9 Å². The maximum absolute atomic E-state index is 10.8. The number of aliphatic imine (C=N–C) groups is 1. The van der Waals surface area contributed by atoms with Crippen LogP contribution in [0.3, 0.4) is 0 Å². The number of hydrogen-bond donors (Lipinski definition) is 3. The largest absolute Gasteiger partial charge is 0.481 e. The number of imidazole rings is 1. The first-order valence-electron chi connectivity index (χ1n) is 9.31. The Labute approximate surface area is 200 Å². The predicted molar refractivity (Wildman–Crippen MR) is 129 cm³/mol. The van der Waals surface area contributed by atoms with Crippen molar-refractivity contribution in [3.63, 3.8) is 0 Å². The second kappa shape index (κ2) is 16.5. The molecular formula is C18H23ClN4O5S3. The number of aliphatic carboxylic acids is 2. The van der Waals surface area contributed by atoms with Gasteiger partial charge in [0.1, 0.15) is 5.88 Å². The SMILES string of the molecule is O=C(O)CCl.O=C(O)CSC1=NC=CC1.O=C1CSc2nccn21.S=C1CC=CN1.[2H]C. The number of nitrogens with one attached hydrogen (secondary N) is 1. The van der Waals surface area contributed by atoms with E-state index in [4.69, 9.17) is 35.4 Å². The van der Waals surface area contributed by atoms with E-state index in [-0.39, 0.29) is 17.5 Å². The van der Waals surface area contributed by atoms with Crippen molar-refractivity contribution in [2.45, 2.75) is 25.4 Å². The summed E-state index contributed by atoms with van der Waals surface area (Å²) in [5.74, 6) is -1.29. The van der Waals surface area contributed by atoms with E-state index in [9.17, 15) is 14.4 Å². The molecule has 0 unspecified atom stereocenters. The van der Waals surface area contributed by atoms with E-state index in [1.165, 1.54) is 30.9 Å². The summed E-state index contributed by atoms with van der Waals surface area (Å²) in [6.07, 6.45) is 12.5. The summed E-state index contributed by atoms with van der Waals surface area (Å²) in [5, 5.41) is 20.4. The number of fused-ring (bicyclic) bond motifs is 1. The van der Waals surface area contributed by atoms with Crippen molar-refractivity contribution in [1.29, 1.82) is 0 Å². The minimum absolute atomic E-state index is 0.112. The molecule has 3 aliphatic heterocycles. The van der Waals surface area contributed by atoms with E-state index in [1.54, 1.807) is 23.2 Å². The lowest BCUT2D eigenvalue weighted by atomic mass is 10.5. The first kappa shape index (κ1) is 26.9. The van der Waals surface area contributed by atoms with Gasteiger partial charge in [0.05, 0.1) is 21.5 Å². The summed E-state index contributed by atoms with van der Waals surface area (Å²) in [4.78, 5) is 38.9. The van der Waals surface area contributed by atoms with Gasteiger partial charge in [-0.1, -0.05) is 55.3 Å². The maximum Gasteiger partial charge on any atom is 0.318 e. The molecule has 4 heterocycles. The number of hydrogen-bond acceptors (Lipinski definition) is 8. The van der Waals surface area contributed by atoms with Gasteiger partial charge in [-0.3, -0.25) is 23.9 Å². The molecule has 9 nitrogen and oxygen atoms in total. The van der Waals surface area contributed by atoms with Crippen LogP contribution in [0.2, 0.25) is 0 Å². The Hall–Kier alpha value is -2.15. The van der Waals surface area contributed by atoms with Gasteiger partial charge >= 0.3 is 11.9 Å². The summed E-state index contributed by atoms with van der Waals surface area (Å²) >= 11 is 12.2. The van der Waals surface area contributed by atoms with Crippen molar-refractivity contribution in [3.8, 4) is 0 Å². The molecular weight excluding hydrogens is 484 g/mol. The number of nitrogens with zero attached hydrogens (tertiary/aromatic N) is 3. The molecule has 0 spiro atoms. The molecule has 13 heteroatoms. The smallest absolute Gasteiger partial charge is 0.318 e. The fourth-order valence-corrected chi connectivity index (χ4v) is 3.37. The molecule has 0 atom stereocenters. The second-order valence-electron chi connectivity index (χ2n) is 5.26. The average molecular weight is 508 g/mol. The third-order valence-electron chi connectivity index (χ3n) is 2.96. The molecule has 0 amide bonds. The summed E-state index contributed by atoms with van der Waals surface area (Å²) in [7, 11) is 1.25. The summed E-state index contributed by atoms with van der Waals surface area (Å²) in [6.45, 7) is 0. The summed E-state index contributed by atoms with van der Waals surface area (Å²) in [6, 6.07) is 0. The molecule has 0 saturated carbocycles. The van der Waals surface area contributed by atoms with Crippen LogP contribution < -0.4 is 5.32 Å². The van der Waals surface area contributed by atoms with Crippen molar-refractivity contribution in [2.75, 3.05) is 17.4 Å². The van der Waals surface area contributed by atoms with Crippen molar-refractivity contribution >= 4 is 75.2 Å². The Kier molecular flexibility index (Phi) is 14.3. The highest BCUT2D eigenvalue weighted by Crippen LogP contribution is 2.22. The molecule has 0 bridgehead atoms. The number of carbonyl (C=O) groups is 3. The van der Waals surface area contributed by atoms with E-state index in [1.807, 2.05) is 18.4 Å². The zero-order chi connectivity index (χ0) is 24.4.